The SMILES string of the molecule is Cc1ccc(SCC(=O)Nc2cc(=O)[nH]c(=O)n2CC(C)C)cc1. The molecule has 0 fully saturated rings. The number of benzene rings is 1. The number of aromatic nitrogens is 2. The number of rotatable bonds is 6. The topological polar surface area (TPSA) is 84.0 Å². The summed E-state index contributed by atoms with van der Waals surface area (Å²) in [7, 11) is 0. The Morgan fingerprint density at radius 3 is 2.54 bits per heavy atom. The summed E-state index contributed by atoms with van der Waals surface area (Å²) in [6.07, 6.45) is 0. The van der Waals surface area contributed by atoms with Gasteiger partial charge in [-0.05, 0) is 25.0 Å². The van der Waals surface area contributed by atoms with Gasteiger partial charge in [0.1, 0.15) is 5.82 Å². The number of aromatic amines is 1. The maximum absolute atomic E-state index is 12.2. The molecule has 0 bridgehead atoms. The van der Waals surface area contributed by atoms with E-state index in [-0.39, 0.29) is 23.4 Å². The third-order valence-corrected chi connectivity index (χ3v) is 4.25. The minimum Gasteiger partial charge on any atom is -0.311 e. The summed E-state index contributed by atoms with van der Waals surface area (Å²) in [5.74, 6) is 0.368. The van der Waals surface area contributed by atoms with E-state index in [1.807, 2.05) is 45.0 Å². The summed E-state index contributed by atoms with van der Waals surface area (Å²) in [6, 6.07) is 9.11. The summed E-state index contributed by atoms with van der Waals surface area (Å²) >= 11 is 1.40. The molecule has 0 atom stereocenters. The first-order chi connectivity index (χ1) is 11.3. The van der Waals surface area contributed by atoms with E-state index >= 15 is 0 Å². The molecule has 2 rings (SSSR count). The number of H-pyrrole nitrogens is 1. The van der Waals surface area contributed by atoms with E-state index in [0.717, 1.165) is 10.5 Å². The van der Waals surface area contributed by atoms with Crippen LogP contribution in [0.25, 0.3) is 0 Å². The fraction of sp³-hybridized carbons (Fsp3) is 0.353. The van der Waals surface area contributed by atoms with Gasteiger partial charge in [-0.2, -0.15) is 0 Å². The molecule has 1 heterocycles. The van der Waals surface area contributed by atoms with Gasteiger partial charge in [0.15, 0.2) is 0 Å². The molecule has 0 saturated heterocycles. The molecule has 7 heteroatoms. The molecule has 2 N–H and O–H groups in total. The zero-order chi connectivity index (χ0) is 17.7. The van der Waals surface area contributed by atoms with Gasteiger partial charge in [-0.15, -0.1) is 11.8 Å². The number of thioether (sulfide) groups is 1. The van der Waals surface area contributed by atoms with Gasteiger partial charge in [0.05, 0.1) is 5.75 Å². The van der Waals surface area contributed by atoms with Crippen molar-refractivity contribution in [2.75, 3.05) is 11.1 Å². The second-order valence-electron chi connectivity index (χ2n) is 5.98. The molecule has 0 unspecified atom stereocenters. The molecule has 1 amide bonds. The van der Waals surface area contributed by atoms with Gasteiger partial charge in [-0.25, -0.2) is 4.79 Å². The number of nitrogens with zero attached hydrogens (tertiary/aromatic N) is 1. The van der Waals surface area contributed by atoms with Crippen molar-refractivity contribution in [1.82, 2.24) is 9.55 Å². The van der Waals surface area contributed by atoms with E-state index in [2.05, 4.69) is 10.3 Å². The highest BCUT2D eigenvalue weighted by molar-refractivity contribution is 8.00. The molecule has 0 spiro atoms. The molecular weight excluding hydrogens is 326 g/mol. The highest BCUT2D eigenvalue weighted by atomic mass is 32.2. The van der Waals surface area contributed by atoms with Gasteiger partial charge < -0.3 is 5.32 Å². The number of aryl methyl sites for hydroxylation is 1. The zero-order valence-electron chi connectivity index (χ0n) is 14.0. The van der Waals surface area contributed by atoms with Crippen LogP contribution in [0.4, 0.5) is 5.82 Å². The molecule has 2 aromatic rings. The first-order valence-corrected chi connectivity index (χ1v) is 8.67. The lowest BCUT2D eigenvalue weighted by Gasteiger charge is -2.14. The Kier molecular flexibility index (Phi) is 6.03. The smallest absolute Gasteiger partial charge is 0.311 e. The molecule has 1 aromatic heterocycles. The Labute approximate surface area is 144 Å². The van der Waals surface area contributed by atoms with E-state index < -0.39 is 11.2 Å². The second-order valence-corrected chi connectivity index (χ2v) is 7.03. The number of nitrogens with one attached hydrogen (secondary N) is 2. The van der Waals surface area contributed by atoms with Crippen molar-refractivity contribution >= 4 is 23.5 Å². The molecule has 0 saturated carbocycles. The predicted octanol–water partition coefficient (Wildman–Crippen LogP) is 2.23. The Balaban J connectivity index is 2.09. The van der Waals surface area contributed by atoms with Gasteiger partial charge in [-0.1, -0.05) is 31.5 Å². The molecule has 0 aliphatic heterocycles. The van der Waals surface area contributed by atoms with E-state index in [1.54, 1.807) is 0 Å². The summed E-state index contributed by atoms with van der Waals surface area (Å²) in [5, 5.41) is 2.66. The van der Waals surface area contributed by atoms with Crippen molar-refractivity contribution in [2.45, 2.75) is 32.2 Å². The number of hydrogen-bond acceptors (Lipinski definition) is 4. The normalized spacial score (nSPS) is 10.8. The Bertz CT molecular complexity index is 822. The molecular formula is C17H21N3O3S. The molecule has 24 heavy (non-hydrogen) atoms. The lowest BCUT2D eigenvalue weighted by atomic mass is 10.2. The minimum absolute atomic E-state index is 0.200. The monoisotopic (exact) mass is 347 g/mol. The fourth-order valence-electron chi connectivity index (χ4n) is 2.13. The van der Waals surface area contributed by atoms with E-state index in [4.69, 9.17) is 0 Å². The minimum atomic E-state index is -0.526. The second kappa shape index (κ2) is 8.01. The molecule has 0 aliphatic carbocycles. The number of anilines is 1. The summed E-state index contributed by atoms with van der Waals surface area (Å²) in [6.45, 7) is 6.32. The third kappa shape index (κ3) is 5.13. The quantitative estimate of drug-likeness (QED) is 0.785. The summed E-state index contributed by atoms with van der Waals surface area (Å²) in [5.41, 5.74) is 0.115. The van der Waals surface area contributed by atoms with Crippen LogP contribution < -0.4 is 16.6 Å². The predicted molar refractivity (Wildman–Crippen MR) is 96.7 cm³/mol. The van der Waals surface area contributed by atoms with Crippen molar-refractivity contribution in [1.29, 1.82) is 0 Å². The van der Waals surface area contributed by atoms with E-state index in [0.29, 0.717) is 6.54 Å². The number of amides is 1. The van der Waals surface area contributed by atoms with Crippen molar-refractivity contribution in [2.24, 2.45) is 5.92 Å². The Hall–Kier alpha value is -2.28. The van der Waals surface area contributed by atoms with Gasteiger partial charge in [0.25, 0.3) is 5.56 Å². The molecule has 0 radical (unpaired) electrons. The van der Waals surface area contributed by atoms with Crippen LogP contribution in [0.1, 0.15) is 19.4 Å². The van der Waals surface area contributed by atoms with Crippen LogP contribution in [0, 0.1) is 12.8 Å². The number of carbonyl (C=O) groups is 1. The van der Waals surface area contributed by atoms with Crippen molar-refractivity contribution in [3.05, 3.63) is 56.7 Å². The van der Waals surface area contributed by atoms with Crippen molar-refractivity contribution < 1.29 is 4.79 Å². The molecule has 6 nitrogen and oxygen atoms in total. The molecule has 128 valence electrons. The lowest BCUT2D eigenvalue weighted by molar-refractivity contribution is -0.113. The van der Waals surface area contributed by atoms with Crippen LogP contribution in [0.3, 0.4) is 0 Å². The first-order valence-electron chi connectivity index (χ1n) is 7.68. The maximum Gasteiger partial charge on any atom is 0.329 e. The fourth-order valence-corrected chi connectivity index (χ4v) is 2.83. The van der Waals surface area contributed by atoms with Crippen LogP contribution in [-0.2, 0) is 11.3 Å². The summed E-state index contributed by atoms with van der Waals surface area (Å²) < 4.78 is 1.38. The van der Waals surface area contributed by atoms with Crippen LogP contribution in [-0.4, -0.2) is 21.2 Å². The largest absolute Gasteiger partial charge is 0.329 e. The van der Waals surface area contributed by atoms with Crippen LogP contribution >= 0.6 is 11.8 Å². The average Bonchev–Trinajstić information content (AvgIpc) is 2.50. The highest BCUT2D eigenvalue weighted by Gasteiger charge is 2.11. The highest BCUT2D eigenvalue weighted by Crippen LogP contribution is 2.18. The van der Waals surface area contributed by atoms with Gasteiger partial charge in [0.2, 0.25) is 5.91 Å². The van der Waals surface area contributed by atoms with Crippen LogP contribution in [0.5, 0.6) is 0 Å². The van der Waals surface area contributed by atoms with E-state index in [9.17, 15) is 14.4 Å². The maximum atomic E-state index is 12.2. The van der Waals surface area contributed by atoms with Gasteiger partial charge in [0, 0.05) is 17.5 Å². The molecule has 0 aliphatic rings. The lowest BCUT2D eigenvalue weighted by Crippen LogP contribution is -2.34. The third-order valence-electron chi connectivity index (χ3n) is 3.24. The van der Waals surface area contributed by atoms with Crippen molar-refractivity contribution in [3.63, 3.8) is 0 Å². The van der Waals surface area contributed by atoms with Crippen LogP contribution in [0.15, 0.2) is 44.8 Å². The average molecular weight is 347 g/mol. The number of carbonyl (C=O) groups excluding carboxylic acids is 1. The van der Waals surface area contributed by atoms with Gasteiger partial charge in [-0.3, -0.25) is 19.1 Å². The van der Waals surface area contributed by atoms with Crippen molar-refractivity contribution in [3.8, 4) is 0 Å². The standard InChI is InChI=1S/C17H21N3O3S/c1-11(2)9-20-14(8-15(21)19-17(20)23)18-16(22)10-24-13-6-4-12(3)5-7-13/h4-8,11H,9-10H2,1-3H3,(H,18,22)(H,19,21,23). The van der Waals surface area contributed by atoms with E-state index in [1.165, 1.54) is 22.4 Å². The Morgan fingerprint density at radius 2 is 1.92 bits per heavy atom. The molecule has 1 aromatic carbocycles. The summed E-state index contributed by atoms with van der Waals surface area (Å²) in [4.78, 5) is 38.8. The Morgan fingerprint density at radius 1 is 1.25 bits per heavy atom. The number of hydrogen-bond donors (Lipinski definition) is 2. The first kappa shape index (κ1) is 18.1. The van der Waals surface area contributed by atoms with Crippen LogP contribution in [0.2, 0.25) is 0 Å². The zero-order valence-corrected chi connectivity index (χ0v) is 14.8. The van der Waals surface area contributed by atoms with Gasteiger partial charge >= 0.3 is 5.69 Å².